The maximum atomic E-state index is 13.4. The number of benzene rings is 1. The van der Waals surface area contributed by atoms with E-state index in [-0.39, 0.29) is 23.7 Å². The smallest absolute Gasteiger partial charge is 0.414 e. The second-order valence-electron chi connectivity index (χ2n) is 8.25. The molecule has 2 heterocycles. The molecule has 1 aliphatic heterocycles. The number of nitrogens with zero attached hydrogens (tertiary/aromatic N) is 3. The number of fused-ring (bicyclic) bond motifs is 1. The molecular weight excluding hydrogens is 382 g/mol. The van der Waals surface area contributed by atoms with Crippen molar-refractivity contribution in [3.63, 3.8) is 0 Å². The second kappa shape index (κ2) is 8.90. The molecule has 3 rings (SSSR count). The Morgan fingerprint density at radius 1 is 1.17 bits per heavy atom. The summed E-state index contributed by atoms with van der Waals surface area (Å²) in [6.07, 6.45) is 1.03. The van der Waals surface area contributed by atoms with Crippen molar-refractivity contribution in [2.24, 2.45) is 5.92 Å². The van der Waals surface area contributed by atoms with Crippen LogP contribution in [0.3, 0.4) is 0 Å². The molecule has 7 nitrogen and oxygen atoms in total. The van der Waals surface area contributed by atoms with Crippen molar-refractivity contribution in [2.75, 3.05) is 23.0 Å². The summed E-state index contributed by atoms with van der Waals surface area (Å²) in [5, 5.41) is 4.02. The van der Waals surface area contributed by atoms with Gasteiger partial charge in [-0.2, -0.15) is 0 Å². The highest BCUT2D eigenvalue weighted by Crippen LogP contribution is 2.39. The van der Waals surface area contributed by atoms with Crippen molar-refractivity contribution in [1.29, 1.82) is 0 Å². The van der Waals surface area contributed by atoms with Crippen molar-refractivity contribution in [1.82, 2.24) is 5.16 Å². The van der Waals surface area contributed by atoms with Gasteiger partial charge < -0.3 is 14.2 Å². The number of amides is 2. The van der Waals surface area contributed by atoms with Crippen LogP contribution in [0.4, 0.5) is 16.2 Å². The molecule has 30 heavy (non-hydrogen) atoms. The molecule has 1 aliphatic rings. The Hall–Kier alpha value is -2.83. The van der Waals surface area contributed by atoms with Gasteiger partial charge in [0.15, 0.2) is 5.69 Å². The predicted molar refractivity (Wildman–Crippen MR) is 116 cm³/mol. The number of hydrogen-bond acceptors (Lipinski definition) is 5. The van der Waals surface area contributed by atoms with Crippen molar-refractivity contribution >= 4 is 23.4 Å². The van der Waals surface area contributed by atoms with Crippen LogP contribution in [0.25, 0.3) is 0 Å². The lowest BCUT2D eigenvalue weighted by atomic mass is 10.00. The molecule has 1 unspecified atom stereocenters. The van der Waals surface area contributed by atoms with Gasteiger partial charge >= 0.3 is 6.09 Å². The Bertz CT molecular complexity index is 935. The molecule has 162 valence electrons. The van der Waals surface area contributed by atoms with Crippen molar-refractivity contribution < 1.29 is 18.8 Å². The summed E-state index contributed by atoms with van der Waals surface area (Å²) in [6.45, 7) is 12.6. The highest BCUT2D eigenvalue weighted by molar-refractivity contribution is 6.09. The summed E-state index contributed by atoms with van der Waals surface area (Å²) in [6, 6.07) is 5.44. The molecule has 0 fully saturated rings. The van der Waals surface area contributed by atoms with E-state index >= 15 is 0 Å². The molecule has 7 heteroatoms. The molecule has 2 aromatic rings. The minimum atomic E-state index is -0.387. The third kappa shape index (κ3) is 4.20. The van der Waals surface area contributed by atoms with Gasteiger partial charge in [0, 0.05) is 19.0 Å². The number of carbonyl (C=O) groups excluding carboxylic acids is 2. The summed E-state index contributed by atoms with van der Waals surface area (Å²) in [4.78, 5) is 29.5. The lowest BCUT2D eigenvalue weighted by Crippen LogP contribution is -2.53. The first kappa shape index (κ1) is 21.9. The van der Waals surface area contributed by atoms with Crippen LogP contribution in [0, 0.1) is 19.8 Å². The number of carbonyl (C=O) groups is 2. The topological polar surface area (TPSA) is 75.9 Å². The van der Waals surface area contributed by atoms with Crippen LogP contribution in [-0.4, -0.2) is 36.4 Å². The van der Waals surface area contributed by atoms with Gasteiger partial charge in [-0.25, -0.2) is 4.79 Å². The SMILES string of the molecule is CCOC(=O)N1c2cc(C)c(C)cc2N(C(=O)c2cc(CC(C)C)on2)CC1CC. The molecule has 0 N–H and O–H groups in total. The average Bonchev–Trinajstić information content (AvgIpc) is 3.15. The van der Waals surface area contributed by atoms with E-state index in [0.29, 0.717) is 42.6 Å². The van der Waals surface area contributed by atoms with E-state index in [1.165, 1.54) is 0 Å². The van der Waals surface area contributed by atoms with E-state index in [9.17, 15) is 9.59 Å². The van der Waals surface area contributed by atoms with Crippen LogP contribution in [0.1, 0.15) is 61.5 Å². The molecule has 0 aliphatic carbocycles. The normalized spacial score (nSPS) is 16.0. The van der Waals surface area contributed by atoms with Gasteiger partial charge in [-0.15, -0.1) is 0 Å². The van der Waals surface area contributed by atoms with Crippen LogP contribution in [-0.2, 0) is 11.2 Å². The fraction of sp³-hybridized carbons (Fsp3) is 0.522. The largest absolute Gasteiger partial charge is 0.449 e. The third-order valence-corrected chi connectivity index (χ3v) is 5.47. The van der Waals surface area contributed by atoms with E-state index in [4.69, 9.17) is 9.26 Å². The van der Waals surface area contributed by atoms with Gasteiger partial charge in [-0.3, -0.25) is 9.69 Å². The lowest BCUT2D eigenvalue weighted by Gasteiger charge is -2.41. The van der Waals surface area contributed by atoms with Crippen LogP contribution >= 0.6 is 0 Å². The monoisotopic (exact) mass is 413 g/mol. The summed E-state index contributed by atoms with van der Waals surface area (Å²) < 4.78 is 10.7. The first-order chi connectivity index (χ1) is 14.3. The fourth-order valence-electron chi connectivity index (χ4n) is 3.78. The highest BCUT2D eigenvalue weighted by atomic mass is 16.6. The molecule has 1 aromatic heterocycles. The first-order valence-electron chi connectivity index (χ1n) is 10.6. The van der Waals surface area contributed by atoms with E-state index in [2.05, 4.69) is 19.0 Å². The molecule has 0 saturated heterocycles. The van der Waals surface area contributed by atoms with Gasteiger partial charge in [-0.1, -0.05) is 25.9 Å². The number of aryl methyl sites for hydroxylation is 2. The summed E-state index contributed by atoms with van der Waals surface area (Å²) >= 11 is 0. The standard InChI is InChI=1S/C23H31N3O4/c1-7-17-13-25(22(27)19-12-18(30-24-19)9-14(3)4)20-10-15(5)16(6)11-21(20)26(17)23(28)29-8-2/h10-12,14,17H,7-9,13H2,1-6H3. The summed E-state index contributed by atoms with van der Waals surface area (Å²) in [5.41, 5.74) is 3.76. The van der Waals surface area contributed by atoms with Gasteiger partial charge in [0.2, 0.25) is 0 Å². The number of rotatable bonds is 5. The first-order valence-corrected chi connectivity index (χ1v) is 10.6. The molecule has 0 saturated carbocycles. The molecule has 0 bridgehead atoms. The van der Waals surface area contributed by atoms with Crippen molar-refractivity contribution in [3.05, 3.63) is 40.8 Å². The maximum Gasteiger partial charge on any atom is 0.414 e. The van der Waals surface area contributed by atoms with Crippen LogP contribution in [0.15, 0.2) is 22.7 Å². The lowest BCUT2D eigenvalue weighted by molar-refractivity contribution is 0.0972. The van der Waals surface area contributed by atoms with E-state index in [0.717, 1.165) is 17.5 Å². The Morgan fingerprint density at radius 3 is 2.43 bits per heavy atom. The molecule has 0 radical (unpaired) electrons. The Kier molecular flexibility index (Phi) is 6.48. The zero-order valence-corrected chi connectivity index (χ0v) is 18.7. The number of hydrogen-bond donors (Lipinski definition) is 0. The summed E-state index contributed by atoms with van der Waals surface area (Å²) in [5.74, 6) is 0.885. The maximum absolute atomic E-state index is 13.4. The average molecular weight is 414 g/mol. The van der Waals surface area contributed by atoms with Crippen molar-refractivity contribution in [2.45, 2.75) is 60.4 Å². The Labute approximate surface area is 178 Å². The minimum absolute atomic E-state index is 0.190. The predicted octanol–water partition coefficient (Wildman–Crippen LogP) is 4.89. The molecule has 1 aromatic carbocycles. The Morgan fingerprint density at radius 2 is 1.83 bits per heavy atom. The van der Waals surface area contributed by atoms with Crippen molar-refractivity contribution in [3.8, 4) is 0 Å². The third-order valence-electron chi connectivity index (χ3n) is 5.47. The van der Waals surface area contributed by atoms with E-state index in [1.807, 2.05) is 32.9 Å². The molecular formula is C23H31N3O4. The number of aromatic nitrogens is 1. The second-order valence-corrected chi connectivity index (χ2v) is 8.25. The zero-order chi connectivity index (χ0) is 22.0. The molecule has 1 atom stereocenters. The van der Waals surface area contributed by atoms with Crippen LogP contribution in [0.5, 0.6) is 0 Å². The van der Waals surface area contributed by atoms with E-state index < -0.39 is 0 Å². The quantitative estimate of drug-likeness (QED) is 0.697. The van der Waals surface area contributed by atoms with Crippen LogP contribution < -0.4 is 9.80 Å². The van der Waals surface area contributed by atoms with E-state index in [1.54, 1.807) is 22.8 Å². The molecule has 0 spiro atoms. The van der Waals surface area contributed by atoms with Gasteiger partial charge in [0.1, 0.15) is 5.76 Å². The summed E-state index contributed by atoms with van der Waals surface area (Å²) in [7, 11) is 0. The van der Waals surface area contributed by atoms with Gasteiger partial charge in [0.05, 0.1) is 24.0 Å². The zero-order valence-electron chi connectivity index (χ0n) is 18.7. The number of anilines is 2. The minimum Gasteiger partial charge on any atom is -0.449 e. The highest BCUT2D eigenvalue weighted by Gasteiger charge is 2.38. The fourth-order valence-corrected chi connectivity index (χ4v) is 3.78. The number of ether oxygens (including phenoxy) is 1. The Balaban J connectivity index is 2.04. The van der Waals surface area contributed by atoms with Gasteiger partial charge in [-0.05, 0) is 56.4 Å². The van der Waals surface area contributed by atoms with Gasteiger partial charge in [0.25, 0.3) is 5.91 Å². The van der Waals surface area contributed by atoms with Crippen LogP contribution in [0.2, 0.25) is 0 Å². The molecule has 2 amide bonds.